The lowest BCUT2D eigenvalue weighted by molar-refractivity contribution is 0.140. The summed E-state index contributed by atoms with van der Waals surface area (Å²) in [5.74, 6) is 1.13. The summed E-state index contributed by atoms with van der Waals surface area (Å²) in [5.41, 5.74) is 5.10. The highest BCUT2D eigenvalue weighted by Crippen LogP contribution is 2.48. The Morgan fingerprint density at radius 2 is 2.00 bits per heavy atom. The third kappa shape index (κ3) is 5.93. The van der Waals surface area contributed by atoms with Gasteiger partial charge in [-0.2, -0.15) is 0 Å². The molecule has 1 aromatic carbocycles. The molecule has 5 atom stereocenters. The van der Waals surface area contributed by atoms with E-state index in [4.69, 9.17) is 0 Å². The second-order valence-electron chi connectivity index (χ2n) is 9.41. The first-order valence-corrected chi connectivity index (χ1v) is 11.8. The summed E-state index contributed by atoms with van der Waals surface area (Å²) in [5, 5.41) is 21.1. The van der Waals surface area contributed by atoms with Crippen molar-refractivity contribution in [2.45, 2.75) is 64.1 Å². The number of aryl methyl sites for hydroxylation is 2. The van der Waals surface area contributed by atoms with Crippen molar-refractivity contribution in [1.29, 1.82) is 0 Å². The highest BCUT2D eigenvalue weighted by atomic mass is 16.3. The van der Waals surface area contributed by atoms with Gasteiger partial charge in [0.15, 0.2) is 0 Å². The predicted molar refractivity (Wildman–Crippen MR) is 126 cm³/mol. The first-order valence-electron chi connectivity index (χ1n) is 11.8. The number of nitrogens with zero attached hydrogens (tertiary/aromatic N) is 1. The highest BCUT2D eigenvalue weighted by Gasteiger charge is 2.43. The van der Waals surface area contributed by atoms with Crippen molar-refractivity contribution in [1.82, 2.24) is 4.98 Å². The van der Waals surface area contributed by atoms with Gasteiger partial charge in [-0.3, -0.25) is 4.98 Å². The molecule has 3 heteroatoms. The minimum Gasteiger partial charge on any atom is -0.392 e. The fourth-order valence-corrected chi connectivity index (χ4v) is 5.40. The lowest BCUT2D eigenvalue weighted by Crippen LogP contribution is -2.18. The average molecular weight is 418 g/mol. The van der Waals surface area contributed by atoms with Gasteiger partial charge in [0.2, 0.25) is 0 Å². The zero-order valence-electron chi connectivity index (χ0n) is 18.5. The van der Waals surface area contributed by atoms with Crippen molar-refractivity contribution in [3.8, 4) is 0 Å². The standard InChI is InChI=1S/C28H35NO2/c1-20-7-6-9-21(15-20)17-25(30)12-13-26-27-18-22(16-23(27)19-28(26)31)8-2-3-10-24-11-4-5-14-29-24/h4-7,9,11-16,23,25-28,30-31H,2-3,8,10,17-19H2,1H3/t23-,25+,26+,27-,28+/m0/s1. The van der Waals surface area contributed by atoms with Crippen LogP contribution in [0.15, 0.2) is 72.5 Å². The number of benzene rings is 1. The Labute approximate surface area is 186 Å². The van der Waals surface area contributed by atoms with E-state index in [0.29, 0.717) is 18.3 Å². The van der Waals surface area contributed by atoms with Crippen LogP contribution < -0.4 is 0 Å². The Morgan fingerprint density at radius 1 is 1.13 bits per heavy atom. The zero-order valence-corrected chi connectivity index (χ0v) is 18.5. The molecular formula is C28H35NO2. The molecule has 0 radical (unpaired) electrons. The number of pyridine rings is 1. The molecule has 4 rings (SSSR count). The SMILES string of the molecule is Cc1cccc(C[C@H](O)C=C[C@@H]2[C@H]3CC(CCCCc4ccccn4)=C[C@H]3C[C@H]2O)c1. The van der Waals surface area contributed by atoms with Gasteiger partial charge < -0.3 is 10.2 Å². The number of fused-ring (bicyclic) bond motifs is 1. The minimum atomic E-state index is -0.506. The van der Waals surface area contributed by atoms with E-state index in [1.165, 1.54) is 24.1 Å². The Morgan fingerprint density at radius 3 is 2.81 bits per heavy atom. The molecule has 2 N–H and O–H groups in total. The van der Waals surface area contributed by atoms with E-state index < -0.39 is 6.10 Å². The van der Waals surface area contributed by atoms with Crippen molar-refractivity contribution in [3.05, 3.63) is 89.3 Å². The van der Waals surface area contributed by atoms with Crippen LogP contribution in [0.1, 0.15) is 48.9 Å². The fourth-order valence-electron chi connectivity index (χ4n) is 5.40. The van der Waals surface area contributed by atoms with Crippen LogP contribution in [0.5, 0.6) is 0 Å². The van der Waals surface area contributed by atoms with E-state index in [1.54, 1.807) is 5.57 Å². The third-order valence-electron chi connectivity index (χ3n) is 6.94. The zero-order chi connectivity index (χ0) is 21.6. The smallest absolute Gasteiger partial charge is 0.0761 e. The van der Waals surface area contributed by atoms with E-state index in [1.807, 2.05) is 24.4 Å². The third-order valence-corrected chi connectivity index (χ3v) is 6.94. The maximum atomic E-state index is 10.6. The summed E-state index contributed by atoms with van der Waals surface area (Å²) in [4.78, 5) is 4.41. The van der Waals surface area contributed by atoms with Crippen LogP contribution in [0.2, 0.25) is 0 Å². The molecule has 0 spiro atoms. The van der Waals surface area contributed by atoms with Gasteiger partial charge >= 0.3 is 0 Å². The summed E-state index contributed by atoms with van der Waals surface area (Å²) in [6, 6.07) is 14.4. The normalized spacial score (nSPS) is 26.2. The summed E-state index contributed by atoms with van der Waals surface area (Å²) in [7, 11) is 0. The number of aromatic nitrogens is 1. The van der Waals surface area contributed by atoms with Crippen LogP contribution in [-0.2, 0) is 12.8 Å². The number of hydrogen-bond donors (Lipinski definition) is 2. The van der Waals surface area contributed by atoms with Crippen LogP contribution in [-0.4, -0.2) is 27.4 Å². The van der Waals surface area contributed by atoms with Crippen LogP contribution in [0, 0.1) is 24.7 Å². The number of unbranched alkanes of at least 4 members (excludes halogenated alkanes) is 1. The molecule has 1 aromatic heterocycles. The van der Waals surface area contributed by atoms with Gasteiger partial charge in [-0.15, -0.1) is 0 Å². The molecule has 2 aliphatic carbocycles. The molecule has 0 amide bonds. The van der Waals surface area contributed by atoms with Gasteiger partial charge in [-0.05, 0) is 75.0 Å². The van der Waals surface area contributed by atoms with Gasteiger partial charge in [0.05, 0.1) is 12.2 Å². The monoisotopic (exact) mass is 417 g/mol. The van der Waals surface area contributed by atoms with Crippen LogP contribution in [0.3, 0.4) is 0 Å². The minimum absolute atomic E-state index is 0.152. The lowest BCUT2D eigenvalue weighted by Gasteiger charge is -2.19. The number of rotatable bonds is 9. The fraction of sp³-hybridized carbons (Fsp3) is 0.464. The van der Waals surface area contributed by atoms with Crippen molar-refractivity contribution in [2.75, 3.05) is 0 Å². The van der Waals surface area contributed by atoms with Gasteiger partial charge in [0.1, 0.15) is 0 Å². The highest BCUT2D eigenvalue weighted by molar-refractivity contribution is 5.24. The predicted octanol–water partition coefficient (Wildman–Crippen LogP) is 5.21. The molecule has 0 saturated heterocycles. The molecule has 3 nitrogen and oxygen atoms in total. The first kappa shape index (κ1) is 22.0. The molecule has 0 bridgehead atoms. The van der Waals surface area contributed by atoms with Crippen molar-refractivity contribution < 1.29 is 10.2 Å². The van der Waals surface area contributed by atoms with Gasteiger partial charge in [-0.1, -0.05) is 59.7 Å². The average Bonchev–Trinajstić information content (AvgIpc) is 3.27. The quantitative estimate of drug-likeness (QED) is 0.435. The second kappa shape index (κ2) is 10.4. The van der Waals surface area contributed by atoms with E-state index >= 15 is 0 Å². The summed E-state index contributed by atoms with van der Waals surface area (Å²) >= 11 is 0. The topological polar surface area (TPSA) is 53.4 Å². The largest absolute Gasteiger partial charge is 0.392 e. The Kier molecular flexibility index (Phi) is 7.37. The summed E-state index contributed by atoms with van der Waals surface area (Å²) in [6.07, 6.45) is 14.6. The lowest BCUT2D eigenvalue weighted by atomic mass is 9.88. The second-order valence-corrected chi connectivity index (χ2v) is 9.41. The number of aliphatic hydroxyl groups excluding tert-OH is 2. The van der Waals surface area contributed by atoms with E-state index in [-0.39, 0.29) is 12.0 Å². The van der Waals surface area contributed by atoms with Gasteiger partial charge in [0.25, 0.3) is 0 Å². The van der Waals surface area contributed by atoms with Gasteiger partial charge in [0, 0.05) is 24.2 Å². The van der Waals surface area contributed by atoms with E-state index in [9.17, 15) is 10.2 Å². The molecule has 0 aliphatic heterocycles. The molecular weight excluding hydrogens is 382 g/mol. The summed E-state index contributed by atoms with van der Waals surface area (Å²) in [6.45, 7) is 2.07. The van der Waals surface area contributed by atoms with Crippen molar-refractivity contribution >= 4 is 0 Å². The summed E-state index contributed by atoms with van der Waals surface area (Å²) < 4.78 is 0. The van der Waals surface area contributed by atoms with Crippen LogP contribution in [0.25, 0.3) is 0 Å². The number of aliphatic hydroxyl groups is 2. The Hall–Kier alpha value is -2.23. The molecule has 31 heavy (non-hydrogen) atoms. The molecule has 2 aromatic rings. The first-order chi connectivity index (χ1) is 15.1. The Bertz CT molecular complexity index is 904. The molecule has 1 heterocycles. The van der Waals surface area contributed by atoms with Crippen LogP contribution >= 0.6 is 0 Å². The number of allylic oxidation sites excluding steroid dienone is 2. The van der Waals surface area contributed by atoms with Crippen molar-refractivity contribution in [2.24, 2.45) is 17.8 Å². The molecule has 0 unspecified atom stereocenters. The maximum absolute atomic E-state index is 10.6. The molecule has 1 saturated carbocycles. The van der Waals surface area contributed by atoms with Gasteiger partial charge in [-0.25, -0.2) is 0 Å². The Balaban J connectivity index is 1.25. The molecule has 1 fully saturated rings. The van der Waals surface area contributed by atoms with Crippen LogP contribution in [0.4, 0.5) is 0 Å². The number of hydrogen-bond acceptors (Lipinski definition) is 3. The van der Waals surface area contributed by atoms with E-state index in [0.717, 1.165) is 31.2 Å². The molecule has 164 valence electrons. The van der Waals surface area contributed by atoms with E-state index in [2.05, 4.69) is 54.4 Å². The maximum Gasteiger partial charge on any atom is 0.0761 e. The van der Waals surface area contributed by atoms with Crippen molar-refractivity contribution in [3.63, 3.8) is 0 Å². The molecule has 2 aliphatic rings.